The average molecular weight is 357 g/mol. The first kappa shape index (κ1) is 16.7. The van der Waals surface area contributed by atoms with Gasteiger partial charge in [0.2, 0.25) is 10.0 Å². The maximum absolute atomic E-state index is 12.6. The largest absolute Gasteiger partial charge is 0.349 e. The summed E-state index contributed by atoms with van der Waals surface area (Å²) in [6.07, 6.45) is 4.00. The Balaban J connectivity index is 1.85. The van der Waals surface area contributed by atoms with Crippen LogP contribution in [0.2, 0.25) is 5.02 Å². The molecule has 1 heterocycles. The zero-order valence-electron chi connectivity index (χ0n) is 13.1. The first-order valence-electron chi connectivity index (χ1n) is 8.00. The monoisotopic (exact) mass is 356 g/mol. The van der Waals surface area contributed by atoms with Crippen molar-refractivity contribution in [2.45, 2.75) is 43.5 Å². The van der Waals surface area contributed by atoms with Gasteiger partial charge in [-0.05, 0) is 56.7 Å². The molecule has 0 radical (unpaired) electrons. The van der Waals surface area contributed by atoms with Crippen molar-refractivity contribution < 1.29 is 13.2 Å². The minimum atomic E-state index is -3.55. The first-order chi connectivity index (χ1) is 10.9. The highest BCUT2D eigenvalue weighted by atomic mass is 35.5. The SMILES string of the molecule is CC(NC(=O)c1cc(S(=O)(=O)N2CCCC2)ccc1Cl)C1CC1. The fourth-order valence-corrected chi connectivity index (χ4v) is 4.66. The van der Waals surface area contributed by atoms with Gasteiger partial charge in [0.25, 0.3) is 5.91 Å². The number of benzene rings is 1. The molecule has 1 saturated heterocycles. The van der Waals surface area contributed by atoms with E-state index in [0.717, 1.165) is 25.7 Å². The predicted octanol–water partition coefficient (Wildman–Crippen LogP) is 2.65. The van der Waals surface area contributed by atoms with E-state index in [1.807, 2.05) is 6.92 Å². The molecule has 3 rings (SSSR count). The molecule has 1 N–H and O–H groups in total. The van der Waals surface area contributed by atoms with Crippen LogP contribution in [0.1, 0.15) is 43.0 Å². The number of amides is 1. The highest BCUT2D eigenvalue weighted by Gasteiger charge is 2.31. The lowest BCUT2D eigenvalue weighted by Gasteiger charge is -2.17. The quantitative estimate of drug-likeness (QED) is 0.882. The van der Waals surface area contributed by atoms with Crippen LogP contribution in [0.4, 0.5) is 0 Å². The zero-order chi connectivity index (χ0) is 16.6. The Bertz CT molecular complexity index is 710. The van der Waals surface area contributed by atoms with Crippen LogP contribution in [0, 0.1) is 5.92 Å². The van der Waals surface area contributed by atoms with Crippen molar-refractivity contribution >= 4 is 27.5 Å². The lowest BCUT2D eigenvalue weighted by atomic mass is 10.1. The van der Waals surface area contributed by atoms with Crippen LogP contribution >= 0.6 is 11.6 Å². The molecular formula is C16H21ClN2O3S. The number of hydrogen-bond donors (Lipinski definition) is 1. The highest BCUT2D eigenvalue weighted by molar-refractivity contribution is 7.89. The van der Waals surface area contributed by atoms with E-state index >= 15 is 0 Å². The Hall–Kier alpha value is -1.11. The summed E-state index contributed by atoms with van der Waals surface area (Å²) >= 11 is 6.11. The van der Waals surface area contributed by atoms with E-state index in [1.165, 1.54) is 22.5 Å². The van der Waals surface area contributed by atoms with Gasteiger partial charge < -0.3 is 5.32 Å². The fraction of sp³-hybridized carbons (Fsp3) is 0.562. The van der Waals surface area contributed by atoms with E-state index in [2.05, 4.69) is 5.32 Å². The van der Waals surface area contributed by atoms with Crippen LogP contribution in [0.15, 0.2) is 23.1 Å². The normalized spacial score (nSPS) is 20.4. The predicted molar refractivity (Wildman–Crippen MR) is 89.1 cm³/mol. The zero-order valence-corrected chi connectivity index (χ0v) is 14.7. The van der Waals surface area contributed by atoms with Crippen molar-refractivity contribution in [3.8, 4) is 0 Å². The second kappa shape index (κ2) is 6.42. The molecule has 126 valence electrons. The molecule has 0 spiro atoms. The minimum absolute atomic E-state index is 0.0809. The maximum Gasteiger partial charge on any atom is 0.253 e. The molecule has 1 amide bonds. The molecule has 2 fully saturated rings. The van der Waals surface area contributed by atoms with Crippen molar-refractivity contribution in [3.63, 3.8) is 0 Å². The van der Waals surface area contributed by atoms with Gasteiger partial charge >= 0.3 is 0 Å². The molecule has 2 aliphatic rings. The summed E-state index contributed by atoms with van der Waals surface area (Å²) < 4.78 is 26.7. The van der Waals surface area contributed by atoms with E-state index in [0.29, 0.717) is 19.0 Å². The smallest absolute Gasteiger partial charge is 0.253 e. The van der Waals surface area contributed by atoms with Gasteiger partial charge in [0.15, 0.2) is 0 Å². The fourth-order valence-electron chi connectivity index (χ4n) is 2.92. The van der Waals surface area contributed by atoms with Crippen LogP contribution in [0.5, 0.6) is 0 Å². The van der Waals surface area contributed by atoms with Crippen molar-refractivity contribution in [2.75, 3.05) is 13.1 Å². The van der Waals surface area contributed by atoms with Crippen LogP contribution in [0.25, 0.3) is 0 Å². The molecule has 5 nitrogen and oxygen atoms in total. The van der Waals surface area contributed by atoms with Gasteiger partial charge in [-0.3, -0.25) is 4.79 Å². The van der Waals surface area contributed by atoms with Crippen molar-refractivity contribution in [1.29, 1.82) is 0 Å². The van der Waals surface area contributed by atoms with Crippen LogP contribution in [-0.2, 0) is 10.0 Å². The molecule has 1 atom stereocenters. The summed E-state index contributed by atoms with van der Waals surface area (Å²) in [5.74, 6) is 0.210. The summed E-state index contributed by atoms with van der Waals surface area (Å²) in [6.45, 7) is 3.03. The molecule has 1 aliphatic heterocycles. The van der Waals surface area contributed by atoms with Gasteiger partial charge in [0, 0.05) is 19.1 Å². The van der Waals surface area contributed by atoms with E-state index in [9.17, 15) is 13.2 Å². The molecule has 1 saturated carbocycles. The second-order valence-electron chi connectivity index (χ2n) is 6.35. The third-order valence-electron chi connectivity index (χ3n) is 4.57. The van der Waals surface area contributed by atoms with Gasteiger partial charge in [0.1, 0.15) is 0 Å². The van der Waals surface area contributed by atoms with Gasteiger partial charge in [0.05, 0.1) is 15.5 Å². The number of carbonyl (C=O) groups is 1. The molecule has 1 unspecified atom stereocenters. The molecule has 1 aromatic rings. The van der Waals surface area contributed by atoms with Crippen molar-refractivity contribution in [2.24, 2.45) is 5.92 Å². The Labute approximate surface area is 142 Å². The Morgan fingerprint density at radius 3 is 2.57 bits per heavy atom. The summed E-state index contributed by atoms with van der Waals surface area (Å²) in [5, 5.41) is 3.18. The minimum Gasteiger partial charge on any atom is -0.349 e. The molecule has 0 bridgehead atoms. The van der Waals surface area contributed by atoms with E-state index in [-0.39, 0.29) is 27.4 Å². The van der Waals surface area contributed by atoms with Gasteiger partial charge in [-0.25, -0.2) is 8.42 Å². The lowest BCUT2D eigenvalue weighted by Crippen LogP contribution is -2.34. The average Bonchev–Trinajstić information content (AvgIpc) is 3.21. The Kier molecular flexibility index (Phi) is 4.67. The Morgan fingerprint density at radius 1 is 1.30 bits per heavy atom. The standard InChI is InChI=1S/C16H21ClN2O3S/c1-11(12-4-5-12)18-16(20)14-10-13(6-7-15(14)17)23(21,22)19-8-2-3-9-19/h6-7,10-12H,2-5,8-9H2,1H3,(H,18,20). The molecule has 1 aromatic carbocycles. The van der Waals surface area contributed by atoms with Crippen LogP contribution in [-0.4, -0.2) is 37.8 Å². The number of nitrogens with zero attached hydrogens (tertiary/aromatic N) is 1. The summed E-state index contributed by atoms with van der Waals surface area (Å²) in [6, 6.07) is 4.43. The lowest BCUT2D eigenvalue weighted by molar-refractivity contribution is 0.0936. The summed E-state index contributed by atoms with van der Waals surface area (Å²) in [7, 11) is -3.55. The number of carbonyl (C=O) groups excluding carboxylic acids is 1. The molecule has 1 aliphatic carbocycles. The van der Waals surface area contributed by atoms with Crippen LogP contribution < -0.4 is 5.32 Å². The van der Waals surface area contributed by atoms with E-state index < -0.39 is 10.0 Å². The number of nitrogens with one attached hydrogen (secondary N) is 1. The van der Waals surface area contributed by atoms with Crippen molar-refractivity contribution in [3.05, 3.63) is 28.8 Å². The Morgan fingerprint density at radius 2 is 1.96 bits per heavy atom. The summed E-state index contributed by atoms with van der Waals surface area (Å²) in [4.78, 5) is 12.5. The topological polar surface area (TPSA) is 66.5 Å². The molecular weight excluding hydrogens is 336 g/mol. The van der Waals surface area contributed by atoms with Gasteiger partial charge in [-0.15, -0.1) is 0 Å². The maximum atomic E-state index is 12.6. The molecule has 7 heteroatoms. The second-order valence-corrected chi connectivity index (χ2v) is 8.70. The number of rotatable bonds is 5. The third kappa shape index (κ3) is 3.54. The van der Waals surface area contributed by atoms with Crippen molar-refractivity contribution in [1.82, 2.24) is 9.62 Å². The van der Waals surface area contributed by atoms with Gasteiger partial charge in [-0.1, -0.05) is 11.6 Å². The molecule has 0 aromatic heterocycles. The number of sulfonamides is 1. The first-order valence-corrected chi connectivity index (χ1v) is 9.82. The number of halogens is 1. The third-order valence-corrected chi connectivity index (χ3v) is 6.80. The van der Waals surface area contributed by atoms with Crippen LogP contribution in [0.3, 0.4) is 0 Å². The highest BCUT2D eigenvalue weighted by Crippen LogP contribution is 2.32. The van der Waals surface area contributed by atoms with E-state index in [1.54, 1.807) is 0 Å². The van der Waals surface area contributed by atoms with Gasteiger partial charge in [-0.2, -0.15) is 4.31 Å². The number of hydrogen-bond acceptors (Lipinski definition) is 3. The summed E-state index contributed by atoms with van der Waals surface area (Å²) in [5.41, 5.74) is 0.222. The molecule has 23 heavy (non-hydrogen) atoms. The van der Waals surface area contributed by atoms with E-state index in [4.69, 9.17) is 11.6 Å².